The number of rotatable bonds is 5. The molecule has 4 nitrogen and oxygen atoms in total. The second kappa shape index (κ2) is 5.99. The third-order valence-corrected chi connectivity index (χ3v) is 3.27. The van der Waals surface area contributed by atoms with Crippen LogP contribution in [0.1, 0.15) is 19.4 Å². The minimum Gasteiger partial charge on any atom is -0.497 e. The Labute approximate surface area is 119 Å². The average molecular weight is 275 g/mol. The molecule has 0 saturated heterocycles. The molecule has 0 unspecified atom stereocenters. The van der Waals surface area contributed by atoms with Gasteiger partial charge in [0.15, 0.2) is 0 Å². The van der Waals surface area contributed by atoms with Crippen molar-refractivity contribution in [2.45, 2.75) is 20.3 Å². The van der Waals surface area contributed by atoms with Crippen LogP contribution in [0, 0.1) is 5.92 Å². The molecule has 1 amide bonds. The van der Waals surface area contributed by atoms with Gasteiger partial charge in [0, 0.05) is 30.6 Å². The maximum absolute atomic E-state index is 12.2. The maximum atomic E-state index is 12.2. The Morgan fingerprint density at radius 1 is 1.40 bits per heavy atom. The molecule has 0 spiro atoms. The van der Waals surface area contributed by atoms with Crippen molar-refractivity contribution in [2.75, 3.05) is 20.7 Å². The van der Waals surface area contributed by atoms with Crippen molar-refractivity contribution >= 4 is 16.9 Å². The molecule has 108 valence electrons. The van der Waals surface area contributed by atoms with Crippen molar-refractivity contribution in [1.29, 1.82) is 0 Å². The molecular weight excluding hydrogens is 254 g/mol. The average Bonchev–Trinajstić information content (AvgIpc) is 2.80. The fourth-order valence-corrected chi connectivity index (χ4v) is 2.27. The van der Waals surface area contributed by atoms with E-state index in [1.54, 1.807) is 18.3 Å². The zero-order valence-electron chi connectivity index (χ0n) is 12.5. The number of benzene rings is 1. The number of likely N-dealkylation sites (N-methyl/N-ethyl adjacent to an activating group) is 1. The molecule has 1 heterocycles. The van der Waals surface area contributed by atoms with Gasteiger partial charge in [-0.2, -0.15) is 0 Å². The summed E-state index contributed by atoms with van der Waals surface area (Å²) in [6, 6.07) is 5.65. The summed E-state index contributed by atoms with van der Waals surface area (Å²) in [6.45, 7) is 4.97. The van der Waals surface area contributed by atoms with Crippen molar-refractivity contribution in [3.8, 4) is 5.75 Å². The molecule has 0 radical (unpaired) electrons. The minimum absolute atomic E-state index is 0.109. The zero-order chi connectivity index (χ0) is 14.7. The minimum atomic E-state index is 0.109. The van der Waals surface area contributed by atoms with Crippen LogP contribution in [-0.4, -0.2) is 31.5 Å². The Morgan fingerprint density at radius 2 is 2.15 bits per heavy atom. The van der Waals surface area contributed by atoms with Gasteiger partial charge in [-0.1, -0.05) is 13.8 Å². The fraction of sp³-hybridized carbons (Fsp3) is 0.438. The summed E-state index contributed by atoms with van der Waals surface area (Å²) in [5, 5.41) is 0.970. The lowest BCUT2D eigenvalue weighted by Crippen LogP contribution is -2.31. The number of hydrogen-bond donors (Lipinski definition) is 0. The second-order valence-corrected chi connectivity index (χ2v) is 5.47. The third kappa shape index (κ3) is 3.13. The van der Waals surface area contributed by atoms with E-state index in [2.05, 4.69) is 13.8 Å². The fourth-order valence-electron chi connectivity index (χ4n) is 2.27. The van der Waals surface area contributed by atoms with Gasteiger partial charge in [-0.05, 0) is 18.1 Å². The molecule has 0 aliphatic heterocycles. The van der Waals surface area contributed by atoms with E-state index in [-0.39, 0.29) is 5.91 Å². The highest BCUT2D eigenvalue weighted by molar-refractivity contribution is 5.88. The number of methoxy groups -OCH3 is 1. The molecule has 0 N–H and O–H groups in total. The monoisotopic (exact) mass is 275 g/mol. The van der Waals surface area contributed by atoms with Crippen LogP contribution in [-0.2, 0) is 11.2 Å². The molecule has 0 aliphatic rings. The quantitative estimate of drug-likeness (QED) is 0.842. The van der Waals surface area contributed by atoms with Gasteiger partial charge in [0.1, 0.15) is 11.3 Å². The van der Waals surface area contributed by atoms with Crippen molar-refractivity contribution in [3.05, 3.63) is 30.0 Å². The van der Waals surface area contributed by atoms with Crippen LogP contribution in [0.5, 0.6) is 5.75 Å². The van der Waals surface area contributed by atoms with Crippen LogP contribution in [0.3, 0.4) is 0 Å². The third-order valence-electron chi connectivity index (χ3n) is 3.27. The van der Waals surface area contributed by atoms with E-state index in [0.717, 1.165) is 28.8 Å². The Bertz CT molecular complexity index is 601. The molecular formula is C16H21NO3. The molecule has 0 bridgehead atoms. The molecule has 2 rings (SSSR count). The number of fused-ring (bicyclic) bond motifs is 1. The number of carbonyl (C=O) groups is 1. The SMILES string of the molecule is COc1ccc2c(CC(=O)N(C)CC(C)C)coc2c1. The predicted molar refractivity (Wildman–Crippen MR) is 78.9 cm³/mol. The van der Waals surface area contributed by atoms with Gasteiger partial charge in [0.05, 0.1) is 19.8 Å². The van der Waals surface area contributed by atoms with Gasteiger partial charge in [0.25, 0.3) is 0 Å². The summed E-state index contributed by atoms with van der Waals surface area (Å²) < 4.78 is 10.7. The lowest BCUT2D eigenvalue weighted by Gasteiger charge is -2.19. The van der Waals surface area contributed by atoms with Crippen LogP contribution < -0.4 is 4.74 Å². The number of hydrogen-bond acceptors (Lipinski definition) is 3. The molecule has 0 saturated carbocycles. The van der Waals surface area contributed by atoms with Gasteiger partial charge < -0.3 is 14.1 Å². The highest BCUT2D eigenvalue weighted by Crippen LogP contribution is 2.26. The summed E-state index contributed by atoms with van der Waals surface area (Å²) in [6.07, 6.45) is 2.02. The molecule has 20 heavy (non-hydrogen) atoms. The predicted octanol–water partition coefficient (Wildman–Crippen LogP) is 3.10. The molecule has 2 aromatic rings. The second-order valence-electron chi connectivity index (χ2n) is 5.47. The van der Waals surface area contributed by atoms with Crippen LogP contribution in [0.15, 0.2) is 28.9 Å². The Balaban J connectivity index is 2.15. The highest BCUT2D eigenvalue weighted by Gasteiger charge is 2.15. The van der Waals surface area contributed by atoms with E-state index in [4.69, 9.17) is 9.15 Å². The Hall–Kier alpha value is -1.97. The van der Waals surface area contributed by atoms with Gasteiger partial charge >= 0.3 is 0 Å². The van der Waals surface area contributed by atoms with Gasteiger partial charge in [0.2, 0.25) is 5.91 Å². The first kappa shape index (κ1) is 14.4. The lowest BCUT2D eigenvalue weighted by atomic mass is 10.1. The van der Waals surface area contributed by atoms with Crippen molar-refractivity contribution in [1.82, 2.24) is 4.90 Å². The summed E-state index contributed by atoms with van der Waals surface area (Å²) >= 11 is 0. The topological polar surface area (TPSA) is 42.7 Å². The standard InChI is InChI=1S/C16H21NO3/c1-11(2)9-17(3)16(18)7-12-10-20-15-8-13(19-4)5-6-14(12)15/h5-6,8,10-11H,7,9H2,1-4H3. The zero-order valence-corrected chi connectivity index (χ0v) is 12.5. The van der Waals surface area contributed by atoms with E-state index in [1.807, 2.05) is 25.2 Å². The first-order valence-electron chi connectivity index (χ1n) is 6.79. The number of nitrogens with zero attached hydrogens (tertiary/aromatic N) is 1. The first-order chi connectivity index (χ1) is 9.51. The molecule has 0 atom stereocenters. The van der Waals surface area contributed by atoms with Gasteiger partial charge in [-0.15, -0.1) is 0 Å². The van der Waals surface area contributed by atoms with Crippen LogP contribution in [0.4, 0.5) is 0 Å². The summed E-state index contributed by atoms with van der Waals surface area (Å²) in [7, 11) is 3.46. The van der Waals surface area contributed by atoms with E-state index in [0.29, 0.717) is 12.3 Å². The lowest BCUT2D eigenvalue weighted by molar-refractivity contribution is -0.129. The number of ether oxygens (including phenoxy) is 1. The summed E-state index contributed by atoms with van der Waals surface area (Å²) in [5.41, 5.74) is 1.67. The van der Waals surface area contributed by atoms with Crippen molar-refractivity contribution < 1.29 is 13.9 Å². The number of amides is 1. The van der Waals surface area contributed by atoms with Crippen LogP contribution in [0.25, 0.3) is 11.0 Å². The van der Waals surface area contributed by atoms with E-state index < -0.39 is 0 Å². The van der Waals surface area contributed by atoms with Crippen molar-refractivity contribution in [2.24, 2.45) is 5.92 Å². The normalized spacial score (nSPS) is 11.1. The van der Waals surface area contributed by atoms with E-state index >= 15 is 0 Å². The molecule has 0 fully saturated rings. The van der Waals surface area contributed by atoms with Crippen LogP contribution in [0.2, 0.25) is 0 Å². The molecule has 1 aromatic carbocycles. The molecule has 4 heteroatoms. The maximum Gasteiger partial charge on any atom is 0.226 e. The smallest absolute Gasteiger partial charge is 0.226 e. The van der Waals surface area contributed by atoms with Crippen LogP contribution >= 0.6 is 0 Å². The Morgan fingerprint density at radius 3 is 2.80 bits per heavy atom. The van der Waals surface area contributed by atoms with Gasteiger partial charge in [-0.3, -0.25) is 4.79 Å². The molecule has 0 aliphatic carbocycles. The number of furan rings is 1. The van der Waals surface area contributed by atoms with E-state index in [1.165, 1.54) is 0 Å². The van der Waals surface area contributed by atoms with Gasteiger partial charge in [-0.25, -0.2) is 0 Å². The largest absolute Gasteiger partial charge is 0.497 e. The molecule has 1 aromatic heterocycles. The first-order valence-corrected chi connectivity index (χ1v) is 6.79. The summed E-state index contributed by atoms with van der Waals surface area (Å²) in [5.74, 6) is 1.33. The van der Waals surface area contributed by atoms with E-state index in [9.17, 15) is 4.79 Å². The van der Waals surface area contributed by atoms with Crippen molar-refractivity contribution in [3.63, 3.8) is 0 Å². The Kier molecular flexibility index (Phi) is 4.32. The number of carbonyl (C=O) groups excluding carboxylic acids is 1. The highest BCUT2D eigenvalue weighted by atomic mass is 16.5. The summed E-state index contributed by atoms with van der Waals surface area (Å²) in [4.78, 5) is 13.9.